The number of aliphatic hydroxyl groups is 1. The summed E-state index contributed by atoms with van der Waals surface area (Å²) < 4.78 is 18.3. The highest BCUT2D eigenvalue weighted by molar-refractivity contribution is 5.95. The van der Waals surface area contributed by atoms with Gasteiger partial charge in [-0.05, 0) is 48.2 Å². The van der Waals surface area contributed by atoms with E-state index >= 15 is 0 Å². The van der Waals surface area contributed by atoms with Gasteiger partial charge in [0.15, 0.2) is 5.76 Å². The third-order valence-electron chi connectivity index (χ3n) is 9.10. The van der Waals surface area contributed by atoms with Gasteiger partial charge in [0.25, 0.3) is 5.91 Å². The molecule has 7 rings (SSSR count). The molecule has 44 heavy (non-hydrogen) atoms. The van der Waals surface area contributed by atoms with Gasteiger partial charge in [0.2, 0.25) is 12.2 Å². The molecule has 0 bridgehead atoms. The van der Waals surface area contributed by atoms with Crippen molar-refractivity contribution in [2.24, 2.45) is 0 Å². The van der Waals surface area contributed by atoms with E-state index in [1.54, 1.807) is 11.2 Å². The molecule has 4 heterocycles. The van der Waals surface area contributed by atoms with Crippen molar-refractivity contribution in [3.05, 3.63) is 114 Å². The zero-order valence-corrected chi connectivity index (χ0v) is 24.4. The number of benzene rings is 3. The number of likely N-dealkylation sites (tertiary alicyclic amines) is 1. The lowest BCUT2D eigenvalue weighted by molar-refractivity contribution is -0.157. The van der Waals surface area contributed by atoms with Gasteiger partial charge in [0.1, 0.15) is 11.1 Å². The Morgan fingerprint density at radius 1 is 0.977 bits per heavy atom. The topological polar surface area (TPSA) is 104 Å². The van der Waals surface area contributed by atoms with Crippen LogP contribution in [-0.4, -0.2) is 53.4 Å². The molecule has 2 saturated heterocycles. The number of piperidine rings is 1. The molecule has 3 aliphatic rings. The van der Waals surface area contributed by atoms with Crippen LogP contribution in [0.3, 0.4) is 0 Å². The molecule has 1 spiro atoms. The number of ether oxygens (including phenoxy) is 2. The molecule has 3 aromatic carbocycles. The number of fused-ring (bicyclic) bond motifs is 1. The number of anilines is 1. The van der Waals surface area contributed by atoms with Gasteiger partial charge in [0, 0.05) is 42.1 Å². The number of amides is 2. The van der Waals surface area contributed by atoms with Crippen molar-refractivity contribution in [3.8, 4) is 0 Å². The van der Waals surface area contributed by atoms with Crippen molar-refractivity contribution in [2.45, 2.75) is 50.2 Å². The fourth-order valence-corrected chi connectivity index (χ4v) is 6.61. The second kappa shape index (κ2) is 11.8. The van der Waals surface area contributed by atoms with Crippen molar-refractivity contribution < 1.29 is 28.6 Å². The maximum Gasteiger partial charge on any atom is 0.288 e. The van der Waals surface area contributed by atoms with Crippen LogP contribution in [0.2, 0.25) is 0 Å². The number of rotatable bonds is 7. The maximum absolute atomic E-state index is 14.0. The standard InChI is InChI=1S/C35H35N3O6/c39-20-24-10-12-25(13-11-24)21-43-32-19-26(29-22-42-30-9-5-4-8-28(29)30)18-31(44-32)33(40)37-16-14-35(15-17-37)34(41)36-23-38(35)27-6-2-1-3-7-27/h1-13,18,22,26,32,39H,14-17,19-21,23H2,(H,36,41)/t26-,32+/m0/s1. The highest BCUT2D eigenvalue weighted by atomic mass is 16.7. The van der Waals surface area contributed by atoms with E-state index in [-0.39, 0.29) is 30.1 Å². The molecule has 226 valence electrons. The highest BCUT2D eigenvalue weighted by Gasteiger charge is 2.51. The highest BCUT2D eigenvalue weighted by Crippen LogP contribution is 2.39. The first-order chi connectivity index (χ1) is 21.5. The van der Waals surface area contributed by atoms with E-state index in [0.29, 0.717) is 45.6 Å². The van der Waals surface area contributed by atoms with E-state index in [1.807, 2.05) is 84.9 Å². The van der Waals surface area contributed by atoms with Crippen LogP contribution >= 0.6 is 0 Å². The van der Waals surface area contributed by atoms with E-state index in [1.165, 1.54) is 0 Å². The lowest BCUT2D eigenvalue weighted by Gasteiger charge is -2.43. The number of furan rings is 1. The van der Waals surface area contributed by atoms with Crippen LogP contribution < -0.4 is 10.2 Å². The Hall–Kier alpha value is -4.60. The first-order valence-electron chi connectivity index (χ1n) is 15.1. The summed E-state index contributed by atoms with van der Waals surface area (Å²) in [5.74, 6) is -0.103. The first kappa shape index (κ1) is 28.2. The number of carbonyl (C=O) groups is 2. The van der Waals surface area contributed by atoms with Crippen LogP contribution in [-0.2, 0) is 32.3 Å². The maximum atomic E-state index is 14.0. The number of carbonyl (C=O) groups excluding carboxylic acids is 2. The third kappa shape index (κ3) is 5.22. The van der Waals surface area contributed by atoms with Crippen LogP contribution in [0.5, 0.6) is 0 Å². The minimum atomic E-state index is -0.685. The van der Waals surface area contributed by atoms with E-state index in [9.17, 15) is 14.7 Å². The Kier molecular flexibility index (Phi) is 7.57. The summed E-state index contributed by atoms with van der Waals surface area (Å²) in [7, 11) is 0. The zero-order valence-electron chi connectivity index (χ0n) is 24.4. The lowest BCUT2D eigenvalue weighted by Crippen LogP contribution is -2.57. The predicted molar refractivity (Wildman–Crippen MR) is 164 cm³/mol. The first-order valence-corrected chi connectivity index (χ1v) is 15.1. The summed E-state index contributed by atoms with van der Waals surface area (Å²) in [5.41, 5.74) is 3.85. The van der Waals surface area contributed by atoms with Gasteiger partial charge in [-0.2, -0.15) is 0 Å². The molecular formula is C35H35N3O6. The Morgan fingerprint density at radius 3 is 2.48 bits per heavy atom. The molecule has 4 aromatic rings. The predicted octanol–water partition coefficient (Wildman–Crippen LogP) is 4.81. The number of aliphatic hydroxyl groups excluding tert-OH is 1. The van der Waals surface area contributed by atoms with Crippen LogP contribution in [0.1, 0.15) is 41.9 Å². The van der Waals surface area contributed by atoms with Crippen LogP contribution in [0, 0.1) is 0 Å². The van der Waals surface area contributed by atoms with Crippen molar-refractivity contribution >= 4 is 28.5 Å². The summed E-state index contributed by atoms with van der Waals surface area (Å²) in [4.78, 5) is 31.0. The average Bonchev–Trinajstić information content (AvgIpc) is 3.65. The van der Waals surface area contributed by atoms with Crippen LogP contribution in [0.4, 0.5) is 5.69 Å². The number of hydrogen-bond donors (Lipinski definition) is 2. The Balaban J connectivity index is 1.11. The Labute approximate surface area is 255 Å². The van der Waals surface area contributed by atoms with Gasteiger partial charge >= 0.3 is 0 Å². The summed E-state index contributed by atoms with van der Waals surface area (Å²) in [6, 6.07) is 25.4. The molecule has 9 nitrogen and oxygen atoms in total. The largest absolute Gasteiger partial charge is 0.464 e. The normalized spacial score (nSPS) is 21.3. The number of nitrogens with zero attached hydrogens (tertiary/aromatic N) is 2. The second-order valence-corrected chi connectivity index (χ2v) is 11.6. The van der Waals surface area contributed by atoms with Gasteiger partial charge in [-0.15, -0.1) is 0 Å². The summed E-state index contributed by atoms with van der Waals surface area (Å²) in [6.07, 6.45) is 4.55. The van der Waals surface area contributed by atoms with Crippen molar-refractivity contribution in [2.75, 3.05) is 24.7 Å². The molecule has 3 aliphatic heterocycles. The van der Waals surface area contributed by atoms with Gasteiger partial charge < -0.3 is 34.1 Å². The molecule has 1 aromatic heterocycles. The monoisotopic (exact) mass is 593 g/mol. The van der Waals surface area contributed by atoms with E-state index in [2.05, 4.69) is 10.2 Å². The fraction of sp³-hybridized carbons (Fsp3) is 0.314. The third-order valence-corrected chi connectivity index (χ3v) is 9.10. The Bertz CT molecular complexity index is 1670. The van der Waals surface area contributed by atoms with E-state index < -0.39 is 11.8 Å². The molecule has 0 saturated carbocycles. The molecule has 0 unspecified atom stereocenters. The molecule has 0 aliphatic carbocycles. The van der Waals surface area contributed by atoms with E-state index in [4.69, 9.17) is 13.9 Å². The molecule has 2 fully saturated rings. The number of nitrogens with one attached hydrogen (secondary N) is 1. The second-order valence-electron chi connectivity index (χ2n) is 11.6. The van der Waals surface area contributed by atoms with Crippen molar-refractivity contribution in [1.29, 1.82) is 0 Å². The van der Waals surface area contributed by atoms with Gasteiger partial charge in [-0.25, -0.2) is 0 Å². The zero-order chi connectivity index (χ0) is 30.1. The van der Waals surface area contributed by atoms with Crippen LogP contribution in [0.15, 0.2) is 101 Å². The van der Waals surface area contributed by atoms with Gasteiger partial charge in [0.05, 0.1) is 26.1 Å². The average molecular weight is 594 g/mol. The summed E-state index contributed by atoms with van der Waals surface area (Å²) in [5, 5.41) is 13.4. The van der Waals surface area contributed by atoms with Gasteiger partial charge in [-0.3, -0.25) is 9.59 Å². The fourth-order valence-electron chi connectivity index (χ4n) is 6.61. The molecule has 2 N–H and O–H groups in total. The number of hydrogen-bond acceptors (Lipinski definition) is 7. The molecule has 2 amide bonds. The minimum Gasteiger partial charge on any atom is -0.464 e. The number of allylic oxidation sites excluding steroid dienone is 1. The van der Waals surface area contributed by atoms with Crippen LogP contribution in [0.25, 0.3) is 11.0 Å². The SMILES string of the molecule is O=C(C1=C[C@H](c2coc3ccccc23)C[C@H](OCc2ccc(CO)cc2)O1)N1CCC2(CC1)C(=O)NCN2c1ccccc1. The molecule has 2 atom stereocenters. The lowest BCUT2D eigenvalue weighted by atomic mass is 9.85. The smallest absolute Gasteiger partial charge is 0.288 e. The molecule has 0 radical (unpaired) electrons. The minimum absolute atomic E-state index is 0.00830. The Morgan fingerprint density at radius 2 is 1.70 bits per heavy atom. The summed E-state index contributed by atoms with van der Waals surface area (Å²) >= 11 is 0. The van der Waals surface area contributed by atoms with Gasteiger partial charge in [-0.1, -0.05) is 60.7 Å². The molecule has 9 heteroatoms. The van der Waals surface area contributed by atoms with Crippen molar-refractivity contribution in [3.63, 3.8) is 0 Å². The van der Waals surface area contributed by atoms with Crippen molar-refractivity contribution in [1.82, 2.24) is 10.2 Å². The quantitative estimate of drug-likeness (QED) is 0.317. The van der Waals surface area contributed by atoms with E-state index in [0.717, 1.165) is 33.3 Å². The number of para-hydroxylation sites is 2. The summed E-state index contributed by atoms with van der Waals surface area (Å²) in [6.45, 7) is 1.59. The molecular weight excluding hydrogens is 558 g/mol.